The highest BCUT2D eigenvalue weighted by atomic mass is 32.1. The van der Waals surface area contributed by atoms with Crippen LogP contribution in [0.1, 0.15) is 58.7 Å². The van der Waals surface area contributed by atoms with Gasteiger partial charge in [0.2, 0.25) is 5.89 Å². The lowest BCUT2D eigenvalue weighted by atomic mass is 9.96. The predicted molar refractivity (Wildman–Crippen MR) is 119 cm³/mol. The van der Waals surface area contributed by atoms with Gasteiger partial charge in [-0.2, -0.15) is 4.98 Å². The van der Waals surface area contributed by atoms with Crippen molar-refractivity contribution >= 4 is 33.3 Å². The Labute approximate surface area is 187 Å². The number of fused-ring (bicyclic) bond motifs is 3. The number of nitrogens with two attached hydrogens (primary N) is 1. The molecule has 32 heavy (non-hydrogen) atoms. The summed E-state index contributed by atoms with van der Waals surface area (Å²) < 4.78 is 5.43. The topological polar surface area (TPSA) is 124 Å². The first-order valence-electron chi connectivity index (χ1n) is 10.8. The van der Waals surface area contributed by atoms with E-state index in [-0.39, 0.29) is 11.9 Å². The van der Waals surface area contributed by atoms with Crippen molar-refractivity contribution in [2.75, 3.05) is 11.4 Å². The predicted octanol–water partition coefficient (Wildman–Crippen LogP) is 3.46. The van der Waals surface area contributed by atoms with Gasteiger partial charge in [-0.1, -0.05) is 5.16 Å². The van der Waals surface area contributed by atoms with Crippen LogP contribution in [-0.2, 0) is 12.8 Å². The number of hydrogen-bond acceptors (Lipinski definition) is 9. The van der Waals surface area contributed by atoms with Crippen molar-refractivity contribution in [3.05, 3.63) is 46.7 Å². The Morgan fingerprint density at radius 1 is 1.19 bits per heavy atom. The van der Waals surface area contributed by atoms with Gasteiger partial charge in [0.05, 0.1) is 5.39 Å². The van der Waals surface area contributed by atoms with Crippen LogP contribution in [0.2, 0.25) is 0 Å². The Kier molecular flexibility index (Phi) is 4.60. The number of primary amides is 1. The number of amides is 1. The van der Waals surface area contributed by atoms with Gasteiger partial charge >= 0.3 is 0 Å². The fourth-order valence-corrected chi connectivity index (χ4v) is 5.97. The van der Waals surface area contributed by atoms with Gasteiger partial charge in [0.1, 0.15) is 16.7 Å². The average molecular weight is 448 g/mol. The number of aromatic nitrogens is 5. The molecule has 10 heteroatoms. The molecule has 162 valence electrons. The van der Waals surface area contributed by atoms with E-state index >= 15 is 0 Å². The van der Waals surface area contributed by atoms with Crippen molar-refractivity contribution in [3.63, 3.8) is 0 Å². The third kappa shape index (κ3) is 3.13. The van der Waals surface area contributed by atoms with E-state index in [1.807, 2.05) is 12.1 Å². The molecule has 0 saturated carbocycles. The third-order valence-electron chi connectivity index (χ3n) is 6.19. The number of rotatable bonds is 4. The van der Waals surface area contributed by atoms with Crippen molar-refractivity contribution in [1.82, 2.24) is 25.1 Å². The molecule has 2 N–H and O–H groups in total. The normalized spacial score (nSPS) is 18.2. The molecule has 0 radical (unpaired) electrons. The summed E-state index contributed by atoms with van der Waals surface area (Å²) in [4.78, 5) is 34.6. The Morgan fingerprint density at radius 2 is 2.09 bits per heavy atom. The Hall–Kier alpha value is -3.40. The first-order valence-corrected chi connectivity index (χ1v) is 11.6. The number of nitrogens with zero attached hydrogens (tertiary/aromatic N) is 6. The van der Waals surface area contributed by atoms with E-state index in [9.17, 15) is 4.79 Å². The highest BCUT2D eigenvalue weighted by Crippen LogP contribution is 2.44. The summed E-state index contributed by atoms with van der Waals surface area (Å²) in [6.07, 6.45) is 9.85. The minimum Gasteiger partial charge on any atom is -0.363 e. The van der Waals surface area contributed by atoms with Gasteiger partial charge in [-0.15, -0.1) is 11.3 Å². The molecule has 1 unspecified atom stereocenters. The molecule has 1 fully saturated rings. The molecule has 1 saturated heterocycles. The molecule has 4 aromatic heterocycles. The molecule has 0 bridgehead atoms. The number of carbonyl (C=O) groups excluding carboxylic acids is 1. The van der Waals surface area contributed by atoms with E-state index in [1.165, 1.54) is 23.3 Å². The van der Waals surface area contributed by atoms with Gasteiger partial charge in [-0.3, -0.25) is 9.78 Å². The Morgan fingerprint density at radius 3 is 2.91 bits per heavy atom. The van der Waals surface area contributed by atoms with E-state index in [0.717, 1.165) is 53.8 Å². The summed E-state index contributed by atoms with van der Waals surface area (Å²) in [6, 6.07) is 3.71. The summed E-state index contributed by atoms with van der Waals surface area (Å²) in [5.74, 6) is 1.17. The molecule has 1 aliphatic heterocycles. The minimum absolute atomic E-state index is 0.0938. The maximum absolute atomic E-state index is 11.5. The fraction of sp³-hybridized carbons (Fsp3) is 0.364. The molecule has 4 aromatic rings. The number of thiophene rings is 1. The van der Waals surface area contributed by atoms with E-state index in [1.54, 1.807) is 23.7 Å². The van der Waals surface area contributed by atoms with Crippen LogP contribution in [-0.4, -0.2) is 37.5 Å². The van der Waals surface area contributed by atoms with Crippen molar-refractivity contribution in [3.8, 4) is 11.4 Å². The maximum Gasteiger partial charge on any atom is 0.290 e. The third-order valence-corrected chi connectivity index (χ3v) is 7.37. The Balaban J connectivity index is 1.53. The van der Waals surface area contributed by atoms with E-state index < -0.39 is 5.91 Å². The summed E-state index contributed by atoms with van der Waals surface area (Å²) in [7, 11) is 0. The van der Waals surface area contributed by atoms with Crippen LogP contribution < -0.4 is 10.6 Å². The molecular formula is C22H21N7O2S. The molecule has 0 aromatic carbocycles. The van der Waals surface area contributed by atoms with Crippen molar-refractivity contribution < 1.29 is 9.32 Å². The van der Waals surface area contributed by atoms with Gasteiger partial charge in [-0.25, -0.2) is 9.97 Å². The van der Waals surface area contributed by atoms with E-state index in [0.29, 0.717) is 11.7 Å². The lowest BCUT2D eigenvalue weighted by Crippen LogP contribution is -2.25. The molecule has 1 aliphatic carbocycles. The van der Waals surface area contributed by atoms with Crippen LogP contribution in [0.25, 0.3) is 21.6 Å². The van der Waals surface area contributed by atoms with Crippen LogP contribution in [0.3, 0.4) is 0 Å². The van der Waals surface area contributed by atoms with Crippen LogP contribution in [0, 0.1) is 0 Å². The second-order valence-corrected chi connectivity index (χ2v) is 9.26. The second kappa shape index (κ2) is 7.63. The number of aryl methyl sites for hydroxylation is 2. The van der Waals surface area contributed by atoms with Gasteiger partial charge in [0, 0.05) is 29.4 Å². The number of carbonyl (C=O) groups is 1. The van der Waals surface area contributed by atoms with Crippen LogP contribution in [0.4, 0.5) is 5.82 Å². The molecule has 0 spiro atoms. The molecular weight excluding hydrogens is 426 g/mol. The SMILES string of the molecule is NC(=O)c1noc(C2CCCN2c2nc(-c3cccnc3)nc3sc4c(c23)CCCC4)n1. The van der Waals surface area contributed by atoms with E-state index in [4.69, 9.17) is 20.2 Å². The molecule has 9 nitrogen and oxygen atoms in total. The lowest BCUT2D eigenvalue weighted by Gasteiger charge is -2.25. The first kappa shape index (κ1) is 19.3. The quantitative estimate of drug-likeness (QED) is 0.504. The maximum atomic E-state index is 11.5. The highest BCUT2D eigenvalue weighted by molar-refractivity contribution is 7.19. The molecule has 6 rings (SSSR count). The van der Waals surface area contributed by atoms with Gasteiger partial charge < -0.3 is 15.2 Å². The minimum atomic E-state index is -0.695. The summed E-state index contributed by atoms with van der Waals surface area (Å²) in [5, 5.41) is 4.89. The van der Waals surface area contributed by atoms with Crippen LogP contribution in [0.5, 0.6) is 0 Å². The largest absolute Gasteiger partial charge is 0.363 e. The average Bonchev–Trinajstić information content (AvgIpc) is 3.56. The van der Waals surface area contributed by atoms with E-state index in [2.05, 4.69) is 20.0 Å². The standard InChI is InChI=1S/C22H21N7O2S/c23-17(30)19-26-21(31-28-19)14-7-4-10-29(14)20-16-13-6-1-2-8-15(13)32-22(16)27-18(25-20)12-5-3-9-24-11-12/h3,5,9,11,14H,1-2,4,6-8,10H2,(H2,23,30). The number of anilines is 1. The summed E-state index contributed by atoms with van der Waals surface area (Å²) >= 11 is 1.78. The smallest absolute Gasteiger partial charge is 0.290 e. The fourth-order valence-electron chi connectivity index (χ4n) is 4.72. The summed E-state index contributed by atoms with van der Waals surface area (Å²) in [5.41, 5.74) is 7.58. The van der Waals surface area contributed by atoms with Crippen molar-refractivity contribution in [2.24, 2.45) is 5.73 Å². The Bertz CT molecular complexity index is 1320. The van der Waals surface area contributed by atoms with Crippen molar-refractivity contribution in [1.29, 1.82) is 0 Å². The van der Waals surface area contributed by atoms with Gasteiger partial charge in [-0.05, 0) is 56.2 Å². The zero-order valence-electron chi connectivity index (χ0n) is 17.3. The zero-order chi connectivity index (χ0) is 21.7. The zero-order valence-corrected chi connectivity index (χ0v) is 18.1. The highest BCUT2D eigenvalue weighted by Gasteiger charge is 2.35. The first-order chi connectivity index (χ1) is 15.7. The lowest BCUT2D eigenvalue weighted by molar-refractivity contribution is 0.0987. The molecule has 2 aliphatic rings. The molecule has 5 heterocycles. The van der Waals surface area contributed by atoms with Crippen LogP contribution in [0.15, 0.2) is 29.0 Å². The molecule has 1 atom stereocenters. The van der Waals surface area contributed by atoms with Gasteiger partial charge in [0.25, 0.3) is 11.7 Å². The second-order valence-electron chi connectivity index (χ2n) is 8.18. The van der Waals surface area contributed by atoms with Crippen LogP contribution >= 0.6 is 11.3 Å². The van der Waals surface area contributed by atoms with Gasteiger partial charge in [0.15, 0.2) is 5.82 Å². The monoisotopic (exact) mass is 447 g/mol. The van der Waals surface area contributed by atoms with Crippen molar-refractivity contribution in [2.45, 2.75) is 44.6 Å². The number of hydrogen-bond donors (Lipinski definition) is 1. The summed E-state index contributed by atoms with van der Waals surface area (Å²) in [6.45, 7) is 0.808. The molecule has 1 amide bonds. The number of pyridine rings is 1.